The van der Waals surface area contributed by atoms with Crippen molar-refractivity contribution < 1.29 is 18.8 Å². The molecule has 0 aliphatic carbocycles. The first-order valence-corrected chi connectivity index (χ1v) is 9.25. The van der Waals surface area contributed by atoms with Crippen LogP contribution in [0.25, 0.3) is 6.08 Å². The molecule has 2 saturated heterocycles. The zero-order valence-corrected chi connectivity index (χ0v) is 16.2. The first-order valence-electron chi connectivity index (χ1n) is 9.25. The Balaban J connectivity index is 1.55. The molecule has 1 aromatic rings. The van der Waals surface area contributed by atoms with Crippen LogP contribution in [-0.2, 0) is 25.3 Å². The van der Waals surface area contributed by atoms with Gasteiger partial charge in [0.1, 0.15) is 0 Å². The minimum atomic E-state index is -0.345. The largest absolute Gasteiger partial charge is 0.487 e. The smallest absolute Gasteiger partial charge is 0.400 e. The molecule has 2 aliphatic heterocycles. The highest BCUT2D eigenvalue weighted by Crippen LogP contribution is 2.37. The average molecular weight is 357 g/mol. The fourth-order valence-electron chi connectivity index (χ4n) is 3.00. The number of carbonyl (C=O) groups is 1. The fraction of sp³-hybridized carbons (Fsp3) is 0.550. The normalized spacial score (nSPS) is 22.2. The summed E-state index contributed by atoms with van der Waals surface area (Å²) in [6.45, 7) is 10.8. The summed E-state index contributed by atoms with van der Waals surface area (Å²) in [4.78, 5) is 14.2. The zero-order valence-electron chi connectivity index (χ0n) is 16.2. The van der Waals surface area contributed by atoms with Crippen molar-refractivity contribution in [3.05, 3.63) is 41.4 Å². The Bertz CT molecular complexity index is 647. The maximum atomic E-state index is 12.3. The van der Waals surface area contributed by atoms with Crippen LogP contribution in [0.1, 0.15) is 38.8 Å². The van der Waals surface area contributed by atoms with Crippen LogP contribution >= 0.6 is 0 Å². The highest BCUT2D eigenvalue weighted by molar-refractivity contribution is 6.52. The third kappa shape index (κ3) is 4.37. The van der Waals surface area contributed by atoms with Crippen molar-refractivity contribution in [2.45, 2.75) is 45.3 Å². The molecule has 1 amide bonds. The van der Waals surface area contributed by atoms with E-state index in [1.165, 1.54) is 0 Å². The molecule has 0 radical (unpaired) electrons. The highest BCUT2D eigenvalue weighted by atomic mass is 16.7. The van der Waals surface area contributed by atoms with Crippen molar-refractivity contribution in [1.29, 1.82) is 0 Å². The van der Waals surface area contributed by atoms with Gasteiger partial charge in [0.25, 0.3) is 0 Å². The minimum Gasteiger partial charge on any atom is -0.400 e. The second-order valence-electron chi connectivity index (χ2n) is 7.90. The van der Waals surface area contributed by atoms with Crippen LogP contribution in [0.2, 0.25) is 0 Å². The molecule has 0 saturated carbocycles. The molecule has 140 valence electrons. The van der Waals surface area contributed by atoms with Gasteiger partial charge in [-0.2, -0.15) is 0 Å². The van der Waals surface area contributed by atoms with Gasteiger partial charge >= 0.3 is 7.12 Å². The molecule has 6 heteroatoms. The summed E-state index contributed by atoms with van der Waals surface area (Å²) in [5, 5.41) is 0. The number of morpholine rings is 1. The Morgan fingerprint density at radius 1 is 1.08 bits per heavy atom. The van der Waals surface area contributed by atoms with E-state index in [1.807, 2.05) is 68.9 Å². The molecule has 1 aromatic carbocycles. The summed E-state index contributed by atoms with van der Waals surface area (Å²) in [6.07, 6.45) is 2.43. The summed E-state index contributed by atoms with van der Waals surface area (Å²) in [6, 6.07) is 8.04. The lowest BCUT2D eigenvalue weighted by molar-refractivity contribution is -0.134. The number of rotatable bonds is 4. The molecule has 0 aromatic heterocycles. The van der Waals surface area contributed by atoms with Crippen molar-refractivity contribution in [3.8, 4) is 0 Å². The van der Waals surface area contributed by atoms with Crippen molar-refractivity contribution in [2.24, 2.45) is 0 Å². The maximum absolute atomic E-state index is 12.3. The van der Waals surface area contributed by atoms with E-state index in [-0.39, 0.29) is 24.2 Å². The van der Waals surface area contributed by atoms with E-state index in [9.17, 15) is 4.79 Å². The van der Waals surface area contributed by atoms with Crippen LogP contribution in [-0.4, -0.2) is 55.4 Å². The highest BCUT2D eigenvalue weighted by Gasteiger charge is 2.49. The van der Waals surface area contributed by atoms with Gasteiger partial charge in [0, 0.05) is 13.1 Å². The van der Waals surface area contributed by atoms with E-state index in [4.69, 9.17) is 14.0 Å². The molecule has 2 aliphatic rings. The predicted molar refractivity (Wildman–Crippen MR) is 103 cm³/mol. The van der Waals surface area contributed by atoms with Gasteiger partial charge in [-0.15, -0.1) is 0 Å². The summed E-state index contributed by atoms with van der Waals surface area (Å²) in [7, 11) is -0.345. The topological polar surface area (TPSA) is 48.0 Å². The molecule has 2 fully saturated rings. The molecule has 0 bridgehead atoms. The van der Waals surface area contributed by atoms with Gasteiger partial charge in [0.05, 0.1) is 30.8 Å². The number of amides is 1. The molecule has 26 heavy (non-hydrogen) atoms. The molecule has 0 spiro atoms. The molecular weight excluding hydrogens is 329 g/mol. The third-order valence-electron chi connectivity index (χ3n) is 5.42. The van der Waals surface area contributed by atoms with Crippen molar-refractivity contribution in [1.82, 2.24) is 4.90 Å². The Kier molecular flexibility index (Phi) is 5.56. The second kappa shape index (κ2) is 7.55. The first-order chi connectivity index (χ1) is 12.3. The first kappa shape index (κ1) is 19.1. The Labute approximate surface area is 156 Å². The maximum Gasteiger partial charge on any atom is 0.487 e. The number of benzene rings is 1. The van der Waals surface area contributed by atoms with Crippen LogP contribution in [0.4, 0.5) is 0 Å². The molecule has 0 N–H and O–H groups in total. The van der Waals surface area contributed by atoms with E-state index >= 15 is 0 Å². The van der Waals surface area contributed by atoms with Crippen molar-refractivity contribution >= 4 is 19.1 Å². The molecule has 0 atom stereocenters. The monoisotopic (exact) mass is 357 g/mol. The van der Waals surface area contributed by atoms with Crippen LogP contribution in [0.3, 0.4) is 0 Å². The van der Waals surface area contributed by atoms with Gasteiger partial charge in [-0.1, -0.05) is 36.3 Å². The molecule has 3 rings (SSSR count). The number of nitrogens with zero attached hydrogens (tertiary/aromatic N) is 1. The zero-order chi connectivity index (χ0) is 18.8. The van der Waals surface area contributed by atoms with Gasteiger partial charge in [-0.05, 0) is 38.8 Å². The van der Waals surface area contributed by atoms with E-state index in [0.29, 0.717) is 32.7 Å². The van der Waals surface area contributed by atoms with Gasteiger partial charge in [-0.3, -0.25) is 4.79 Å². The Hall–Kier alpha value is -1.63. The van der Waals surface area contributed by atoms with E-state index < -0.39 is 0 Å². The average Bonchev–Trinajstić information content (AvgIpc) is 2.82. The molecular formula is C20H28BNO4. The number of ether oxygens (including phenoxy) is 1. The number of hydrogen-bond acceptors (Lipinski definition) is 4. The van der Waals surface area contributed by atoms with E-state index in [1.54, 1.807) is 0 Å². The van der Waals surface area contributed by atoms with Crippen molar-refractivity contribution in [3.63, 3.8) is 0 Å². The van der Waals surface area contributed by atoms with Gasteiger partial charge in [0.15, 0.2) is 0 Å². The predicted octanol–water partition coefficient (Wildman–Crippen LogP) is 2.73. The SMILES string of the molecule is CC1(C)OB(C=Cc2ccc(CC(=O)N3CCOCC3)cc2)OC1(C)C. The van der Waals surface area contributed by atoms with E-state index in [0.717, 1.165) is 11.1 Å². The lowest BCUT2D eigenvalue weighted by Gasteiger charge is -2.32. The number of hydrogen-bond donors (Lipinski definition) is 0. The quantitative estimate of drug-likeness (QED) is 0.778. The van der Waals surface area contributed by atoms with Crippen LogP contribution in [0.5, 0.6) is 0 Å². The van der Waals surface area contributed by atoms with Gasteiger partial charge in [0.2, 0.25) is 5.91 Å². The Morgan fingerprint density at radius 2 is 1.65 bits per heavy atom. The molecule has 2 heterocycles. The summed E-state index contributed by atoms with van der Waals surface area (Å²) >= 11 is 0. The lowest BCUT2D eigenvalue weighted by Crippen LogP contribution is -2.41. The standard InChI is InChI=1S/C20H28BNO4/c1-19(2)20(3,4)26-21(25-19)10-9-16-5-7-17(8-6-16)15-18(23)22-11-13-24-14-12-22/h5-10H,11-15H2,1-4H3. The summed E-state index contributed by atoms with van der Waals surface area (Å²) < 4.78 is 17.2. The second-order valence-corrected chi connectivity index (χ2v) is 7.90. The fourth-order valence-corrected chi connectivity index (χ4v) is 3.00. The molecule has 0 unspecified atom stereocenters. The summed E-state index contributed by atoms with van der Waals surface area (Å²) in [5.41, 5.74) is 1.42. The van der Waals surface area contributed by atoms with Gasteiger partial charge in [-0.25, -0.2) is 0 Å². The minimum absolute atomic E-state index is 0.161. The summed E-state index contributed by atoms with van der Waals surface area (Å²) in [5.74, 6) is 2.10. The van der Waals surface area contributed by atoms with Crippen LogP contribution in [0, 0.1) is 0 Å². The Morgan fingerprint density at radius 3 is 2.23 bits per heavy atom. The lowest BCUT2D eigenvalue weighted by atomic mass is 9.89. The number of carbonyl (C=O) groups excluding carboxylic acids is 1. The molecule has 5 nitrogen and oxygen atoms in total. The van der Waals surface area contributed by atoms with Crippen molar-refractivity contribution in [2.75, 3.05) is 26.3 Å². The van der Waals surface area contributed by atoms with E-state index in [2.05, 4.69) is 0 Å². The van der Waals surface area contributed by atoms with Gasteiger partial charge < -0.3 is 18.9 Å². The van der Waals surface area contributed by atoms with Crippen LogP contribution in [0.15, 0.2) is 30.2 Å². The third-order valence-corrected chi connectivity index (χ3v) is 5.42. The van der Waals surface area contributed by atoms with Crippen LogP contribution < -0.4 is 0 Å².